The molecule has 0 saturated carbocycles. The van der Waals surface area contributed by atoms with Crippen molar-refractivity contribution in [1.82, 2.24) is 10.2 Å². The second kappa shape index (κ2) is 5.77. The van der Waals surface area contributed by atoms with Crippen LogP contribution in [0.5, 0.6) is 5.75 Å². The molecule has 1 aromatic carbocycles. The van der Waals surface area contributed by atoms with E-state index in [1.807, 2.05) is 29.2 Å². The van der Waals surface area contributed by atoms with Gasteiger partial charge in [-0.2, -0.15) is 0 Å². The van der Waals surface area contributed by atoms with E-state index >= 15 is 0 Å². The average molecular weight is 329 g/mol. The Labute approximate surface area is 141 Å². The Balaban J connectivity index is 1.52. The minimum atomic E-state index is -0.617. The molecule has 0 bridgehead atoms. The Morgan fingerprint density at radius 3 is 2.88 bits per heavy atom. The highest BCUT2D eigenvalue weighted by molar-refractivity contribution is 5.95. The number of hydrogen-bond acceptors (Lipinski definition) is 4. The first kappa shape index (κ1) is 15.4. The van der Waals surface area contributed by atoms with Gasteiger partial charge in [0.25, 0.3) is 5.91 Å². The Kier molecular flexibility index (Phi) is 3.72. The maximum absolute atomic E-state index is 13.0. The van der Waals surface area contributed by atoms with Crippen molar-refractivity contribution >= 4 is 17.5 Å². The van der Waals surface area contributed by atoms with Gasteiger partial charge in [-0.05, 0) is 31.5 Å². The number of nitrogens with one attached hydrogen (secondary N) is 1. The van der Waals surface area contributed by atoms with Gasteiger partial charge in [0.05, 0.1) is 12.2 Å². The van der Waals surface area contributed by atoms with E-state index in [9.17, 15) is 9.59 Å². The van der Waals surface area contributed by atoms with Crippen LogP contribution in [0.3, 0.4) is 0 Å². The van der Waals surface area contributed by atoms with Crippen LogP contribution in [0.1, 0.15) is 19.8 Å². The first-order valence-corrected chi connectivity index (χ1v) is 8.61. The molecule has 2 amide bonds. The Morgan fingerprint density at radius 1 is 1.29 bits per heavy atom. The third kappa shape index (κ3) is 2.55. The molecule has 0 aliphatic carbocycles. The Bertz CT molecular complexity index is 669. The van der Waals surface area contributed by atoms with Crippen molar-refractivity contribution in [2.24, 2.45) is 5.41 Å². The second-order valence-electron chi connectivity index (χ2n) is 7.14. The van der Waals surface area contributed by atoms with Crippen LogP contribution in [-0.2, 0) is 9.59 Å². The lowest BCUT2D eigenvalue weighted by Gasteiger charge is -2.35. The third-order valence-electron chi connectivity index (χ3n) is 5.51. The molecule has 6 nitrogen and oxygen atoms in total. The van der Waals surface area contributed by atoms with Gasteiger partial charge < -0.3 is 19.9 Å². The maximum Gasteiger partial charge on any atom is 0.265 e. The maximum atomic E-state index is 13.0. The van der Waals surface area contributed by atoms with Crippen LogP contribution in [0.2, 0.25) is 0 Å². The summed E-state index contributed by atoms with van der Waals surface area (Å²) in [5.41, 5.74) is 0.981. The SMILES string of the molecule is CC(=O)N1CC(C(=O)N2CCC3(CCNC3)C2)Oc2ccccc21. The highest BCUT2D eigenvalue weighted by Gasteiger charge is 2.44. The van der Waals surface area contributed by atoms with E-state index in [2.05, 4.69) is 5.32 Å². The number of anilines is 1. The van der Waals surface area contributed by atoms with E-state index in [1.54, 1.807) is 4.90 Å². The molecule has 6 heteroatoms. The zero-order chi connectivity index (χ0) is 16.7. The minimum Gasteiger partial charge on any atom is -0.476 e. The summed E-state index contributed by atoms with van der Waals surface area (Å²) in [6.45, 7) is 5.41. The van der Waals surface area contributed by atoms with Gasteiger partial charge in [0, 0.05) is 32.0 Å². The van der Waals surface area contributed by atoms with Crippen LogP contribution in [0.4, 0.5) is 5.69 Å². The quantitative estimate of drug-likeness (QED) is 0.835. The van der Waals surface area contributed by atoms with Crippen molar-refractivity contribution < 1.29 is 14.3 Å². The molecule has 3 heterocycles. The highest BCUT2D eigenvalue weighted by atomic mass is 16.5. The molecule has 0 radical (unpaired) electrons. The molecular weight excluding hydrogens is 306 g/mol. The third-order valence-corrected chi connectivity index (χ3v) is 5.51. The number of fused-ring (bicyclic) bond motifs is 1. The normalized spacial score (nSPS) is 28.8. The van der Waals surface area contributed by atoms with Crippen molar-refractivity contribution in [1.29, 1.82) is 0 Å². The van der Waals surface area contributed by atoms with Gasteiger partial charge in [-0.1, -0.05) is 12.1 Å². The highest BCUT2D eigenvalue weighted by Crippen LogP contribution is 2.38. The lowest BCUT2D eigenvalue weighted by Crippen LogP contribution is -2.51. The first-order valence-electron chi connectivity index (χ1n) is 8.61. The van der Waals surface area contributed by atoms with E-state index in [4.69, 9.17) is 4.74 Å². The molecule has 2 saturated heterocycles. The van der Waals surface area contributed by atoms with Crippen LogP contribution >= 0.6 is 0 Å². The molecule has 1 spiro atoms. The fourth-order valence-corrected chi connectivity index (χ4v) is 4.13. The number of carbonyl (C=O) groups excluding carboxylic acids is 2. The standard InChI is InChI=1S/C18H23N3O3/c1-13(22)21-10-16(24-15-5-3-2-4-14(15)21)17(23)20-9-7-18(12-20)6-8-19-11-18/h2-5,16,19H,6-12H2,1H3. The first-order chi connectivity index (χ1) is 11.6. The lowest BCUT2D eigenvalue weighted by atomic mass is 9.86. The van der Waals surface area contributed by atoms with Crippen LogP contribution in [0, 0.1) is 5.41 Å². The number of likely N-dealkylation sites (tertiary alicyclic amines) is 1. The number of amides is 2. The van der Waals surface area contributed by atoms with Gasteiger partial charge in [-0.25, -0.2) is 0 Å². The number of hydrogen-bond donors (Lipinski definition) is 1. The fraction of sp³-hybridized carbons (Fsp3) is 0.556. The summed E-state index contributed by atoms with van der Waals surface area (Å²) < 4.78 is 5.94. The molecule has 1 aromatic rings. The van der Waals surface area contributed by atoms with E-state index in [0.717, 1.165) is 44.7 Å². The van der Waals surface area contributed by atoms with Gasteiger partial charge in [0.1, 0.15) is 5.75 Å². The topological polar surface area (TPSA) is 61.9 Å². The monoisotopic (exact) mass is 329 g/mol. The van der Waals surface area contributed by atoms with Crippen LogP contribution < -0.4 is 15.0 Å². The summed E-state index contributed by atoms with van der Waals surface area (Å²) in [5.74, 6) is 0.537. The molecule has 4 rings (SSSR count). The fourth-order valence-electron chi connectivity index (χ4n) is 4.13. The number of rotatable bonds is 1. The summed E-state index contributed by atoms with van der Waals surface area (Å²) >= 11 is 0. The summed E-state index contributed by atoms with van der Waals surface area (Å²) in [4.78, 5) is 28.5. The minimum absolute atomic E-state index is 0.000437. The van der Waals surface area contributed by atoms with Crippen LogP contribution in [0.15, 0.2) is 24.3 Å². The number of nitrogens with zero attached hydrogens (tertiary/aromatic N) is 2. The Morgan fingerprint density at radius 2 is 2.12 bits per heavy atom. The van der Waals surface area contributed by atoms with Gasteiger partial charge in [0.2, 0.25) is 5.91 Å². The summed E-state index contributed by atoms with van der Waals surface area (Å²) in [6, 6.07) is 7.40. The number of ether oxygens (including phenoxy) is 1. The smallest absolute Gasteiger partial charge is 0.265 e. The molecular formula is C18H23N3O3. The largest absolute Gasteiger partial charge is 0.476 e. The van der Waals surface area contributed by atoms with Gasteiger partial charge >= 0.3 is 0 Å². The lowest BCUT2D eigenvalue weighted by molar-refractivity contribution is -0.138. The second-order valence-corrected chi connectivity index (χ2v) is 7.14. The average Bonchev–Trinajstić information content (AvgIpc) is 3.23. The van der Waals surface area contributed by atoms with Crippen molar-refractivity contribution in [2.75, 3.05) is 37.6 Å². The van der Waals surface area contributed by atoms with Gasteiger partial charge in [0.15, 0.2) is 6.10 Å². The zero-order valence-corrected chi connectivity index (χ0v) is 14.0. The molecule has 2 unspecified atom stereocenters. The van der Waals surface area contributed by atoms with Gasteiger partial charge in [-0.3, -0.25) is 9.59 Å². The molecule has 3 aliphatic heterocycles. The van der Waals surface area contributed by atoms with Crippen molar-refractivity contribution in [3.8, 4) is 5.75 Å². The number of carbonyl (C=O) groups is 2. The van der Waals surface area contributed by atoms with E-state index < -0.39 is 6.10 Å². The molecule has 2 fully saturated rings. The van der Waals surface area contributed by atoms with Crippen molar-refractivity contribution in [3.63, 3.8) is 0 Å². The predicted molar refractivity (Wildman–Crippen MR) is 90.0 cm³/mol. The van der Waals surface area contributed by atoms with Crippen LogP contribution in [0.25, 0.3) is 0 Å². The predicted octanol–water partition coefficient (Wildman–Crippen LogP) is 1.01. The number of para-hydroxylation sites is 2. The van der Waals surface area contributed by atoms with E-state index in [1.165, 1.54) is 6.92 Å². The summed E-state index contributed by atoms with van der Waals surface area (Å²) in [7, 11) is 0. The molecule has 0 aromatic heterocycles. The summed E-state index contributed by atoms with van der Waals surface area (Å²) in [5, 5.41) is 3.41. The summed E-state index contributed by atoms with van der Waals surface area (Å²) in [6.07, 6.45) is 1.56. The Hall–Kier alpha value is -2.08. The molecule has 2 atom stereocenters. The van der Waals surface area contributed by atoms with E-state index in [-0.39, 0.29) is 23.8 Å². The van der Waals surface area contributed by atoms with Gasteiger partial charge in [-0.15, -0.1) is 0 Å². The van der Waals surface area contributed by atoms with Crippen molar-refractivity contribution in [2.45, 2.75) is 25.9 Å². The van der Waals surface area contributed by atoms with Crippen LogP contribution in [-0.4, -0.2) is 55.5 Å². The van der Waals surface area contributed by atoms with Crippen molar-refractivity contribution in [3.05, 3.63) is 24.3 Å². The number of benzene rings is 1. The van der Waals surface area contributed by atoms with E-state index in [0.29, 0.717) is 5.75 Å². The zero-order valence-electron chi connectivity index (χ0n) is 14.0. The molecule has 128 valence electrons. The molecule has 1 N–H and O–H groups in total. The molecule has 3 aliphatic rings. The molecule has 24 heavy (non-hydrogen) atoms.